The minimum atomic E-state index is -3.70. The number of hydrogen-bond donors (Lipinski definition) is 1. The zero-order valence-electron chi connectivity index (χ0n) is 17.8. The Morgan fingerprint density at radius 1 is 1.00 bits per heavy atom. The highest BCUT2D eigenvalue weighted by Gasteiger charge is 2.27. The van der Waals surface area contributed by atoms with E-state index in [1.165, 1.54) is 41.8 Å². The molecule has 0 aromatic heterocycles. The van der Waals surface area contributed by atoms with Crippen LogP contribution in [0.5, 0.6) is 0 Å². The molecule has 0 spiro atoms. The highest BCUT2D eigenvalue weighted by atomic mass is 35.5. The molecule has 1 aliphatic heterocycles. The molecule has 3 rings (SSSR count). The normalized spacial score (nSPS) is 19.3. The van der Waals surface area contributed by atoms with Crippen LogP contribution in [0.25, 0.3) is 0 Å². The molecule has 1 aliphatic carbocycles. The Labute approximate surface area is 189 Å². The second-order valence-corrected chi connectivity index (χ2v) is 10.6. The molecular weight excluding hydrogens is 440 g/mol. The number of nitrogens with zero attached hydrogens (tertiary/aromatic N) is 1. The number of carbonyl (C=O) groups is 2. The van der Waals surface area contributed by atoms with Crippen molar-refractivity contribution in [2.24, 2.45) is 0 Å². The largest absolute Gasteiger partial charge is 0.452 e. The Balaban J connectivity index is 1.60. The number of hydrogen-bond acceptors (Lipinski definition) is 5. The third-order valence-electron chi connectivity index (χ3n) is 5.92. The van der Waals surface area contributed by atoms with Crippen LogP contribution in [0.4, 0.5) is 0 Å². The highest BCUT2D eigenvalue weighted by molar-refractivity contribution is 7.89. The summed E-state index contributed by atoms with van der Waals surface area (Å²) in [7, 11) is -3.70. The smallest absolute Gasteiger partial charge is 0.340 e. The molecule has 1 saturated carbocycles. The summed E-state index contributed by atoms with van der Waals surface area (Å²) in [5.74, 6) is -1.17. The minimum Gasteiger partial charge on any atom is -0.452 e. The van der Waals surface area contributed by atoms with Gasteiger partial charge in [-0.2, -0.15) is 4.31 Å². The molecule has 172 valence electrons. The number of rotatable bonds is 6. The van der Waals surface area contributed by atoms with Gasteiger partial charge in [-0.1, -0.05) is 50.1 Å². The highest BCUT2D eigenvalue weighted by Crippen LogP contribution is 2.25. The molecule has 9 heteroatoms. The minimum absolute atomic E-state index is 0.00437. The fourth-order valence-corrected chi connectivity index (χ4v) is 5.89. The fourth-order valence-electron chi connectivity index (χ4n) is 4.15. The molecule has 7 nitrogen and oxygen atoms in total. The summed E-state index contributed by atoms with van der Waals surface area (Å²) in [6, 6.07) is 4.11. The van der Waals surface area contributed by atoms with Crippen LogP contribution in [0.3, 0.4) is 0 Å². The number of carbonyl (C=O) groups excluding carboxylic acids is 2. The number of esters is 1. The van der Waals surface area contributed by atoms with E-state index >= 15 is 0 Å². The monoisotopic (exact) mass is 470 g/mol. The number of benzene rings is 1. The first-order chi connectivity index (χ1) is 14.9. The molecule has 31 heavy (non-hydrogen) atoms. The molecule has 0 radical (unpaired) electrons. The molecular formula is C22H31ClN2O5S. The van der Waals surface area contributed by atoms with E-state index in [1.54, 1.807) is 0 Å². The third kappa shape index (κ3) is 6.67. The van der Waals surface area contributed by atoms with Gasteiger partial charge in [-0.15, -0.1) is 0 Å². The molecule has 2 aliphatic rings. The van der Waals surface area contributed by atoms with Crippen LogP contribution in [0.15, 0.2) is 23.1 Å². The molecule has 2 fully saturated rings. The van der Waals surface area contributed by atoms with Crippen molar-refractivity contribution < 1.29 is 22.7 Å². The van der Waals surface area contributed by atoms with Gasteiger partial charge in [0.25, 0.3) is 5.91 Å². The van der Waals surface area contributed by atoms with Crippen LogP contribution >= 0.6 is 11.6 Å². The van der Waals surface area contributed by atoms with E-state index in [2.05, 4.69) is 5.32 Å². The molecule has 1 amide bonds. The Hall–Kier alpha value is -1.64. The van der Waals surface area contributed by atoms with Crippen molar-refractivity contribution in [3.05, 3.63) is 28.8 Å². The summed E-state index contributed by atoms with van der Waals surface area (Å²) in [5, 5.41) is 3.02. The Bertz CT molecular complexity index is 876. The molecule has 1 aromatic rings. The summed E-state index contributed by atoms with van der Waals surface area (Å²) in [5.41, 5.74) is -0.0569. The second kappa shape index (κ2) is 11.3. The number of sulfonamides is 1. The predicted octanol–water partition coefficient (Wildman–Crippen LogP) is 3.90. The van der Waals surface area contributed by atoms with Gasteiger partial charge in [-0.05, 0) is 43.9 Å². The van der Waals surface area contributed by atoms with Gasteiger partial charge in [-0.3, -0.25) is 4.79 Å². The first kappa shape index (κ1) is 24.0. The molecule has 1 saturated heterocycles. The number of halogens is 1. The molecule has 0 unspecified atom stereocenters. The maximum absolute atomic E-state index is 12.9. The van der Waals surface area contributed by atoms with E-state index in [-0.39, 0.29) is 27.4 Å². The zero-order chi connectivity index (χ0) is 22.3. The number of amides is 1. The van der Waals surface area contributed by atoms with E-state index in [9.17, 15) is 18.0 Å². The quantitative estimate of drug-likeness (QED) is 0.636. The van der Waals surface area contributed by atoms with Gasteiger partial charge >= 0.3 is 5.97 Å². The Morgan fingerprint density at radius 2 is 1.61 bits per heavy atom. The lowest BCUT2D eigenvalue weighted by molar-refractivity contribution is -0.125. The van der Waals surface area contributed by atoms with Crippen LogP contribution in [-0.4, -0.2) is 50.3 Å². The lowest BCUT2D eigenvalue weighted by atomic mass is 9.97. The molecule has 1 N–H and O–H groups in total. The van der Waals surface area contributed by atoms with Crippen molar-refractivity contribution in [2.45, 2.75) is 75.1 Å². The Morgan fingerprint density at radius 3 is 2.29 bits per heavy atom. The lowest BCUT2D eigenvalue weighted by Gasteiger charge is -2.26. The van der Waals surface area contributed by atoms with E-state index in [1.807, 2.05) is 0 Å². The fraction of sp³-hybridized carbons (Fsp3) is 0.636. The van der Waals surface area contributed by atoms with Gasteiger partial charge in [0, 0.05) is 19.1 Å². The van der Waals surface area contributed by atoms with E-state index in [0.717, 1.165) is 44.9 Å². The van der Waals surface area contributed by atoms with Crippen LogP contribution in [-0.2, 0) is 19.6 Å². The second-order valence-electron chi connectivity index (χ2n) is 8.29. The van der Waals surface area contributed by atoms with Crippen LogP contribution in [0, 0.1) is 0 Å². The number of ether oxygens (including phenoxy) is 1. The van der Waals surface area contributed by atoms with Crippen molar-refractivity contribution in [2.75, 3.05) is 19.7 Å². The average molecular weight is 471 g/mol. The maximum atomic E-state index is 12.9. The standard InChI is InChI=1S/C22H31ClN2O5S/c23-20-12-11-18(31(28,29)25-13-7-4-8-14-25)15-19(20)22(27)30-16-21(26)24-17-9-5-2-1-3-6-10-17/h11-12,15,17H,1-10,13-14,16H2,(H,24,26). The van der Waals surface area contributed by atoms with E-state index in [0.29, 0.717) is 13.1 Å². The molecule has 1 heterocycles. The van der Waals surface area contributed by atoms with Crippen molar-refractivity contribution in [1.29, 1.82) is 0 Å². The molecule has 0 atom stereocenters. The van der Waals surface area contributed by atoms with Crippen LogP contribution < -0.4 is 5.32 Å². The Kier molecular flexibility index (Phi) is 8.75. The van der Waals surface area contributed by atoms with Crippen molar-refractivity contribution in [1.82, 2.24) is 9.62 Å². The van der Waals surface area contributed by atoms with Gasteiger partial charge in [0.05, 0.1) is 15.5 Å². The summed E-state index contributed by atoms with van der Waals surface area (Å²) < 4.78 is 32.3. The molecule has 1 aromatic carbocycles. The van der Waals surface area contributed by atoms with Crippen molar-refractivity contribution >= 4 is 33.5 Å². The third-order valence-corrected chi connectivity index (χ3v) is 8.14. The zero-order valence-corrected chi connectivity index (χ0v) is 19.3. The number of nitrogens with one attached hydrogen (secondary N) is 1. The first-order valence-electron chi connectivity index (χ1n) is 11.1. The maximum Gasteiger partial charge on any atom is 0.340 e. The molecule has 0 bridgehead atoms. The van der Waals surface area contributed by atoms with E-state index in [4.69, 9.17) is 16.3 Å². The lowest BCUT2D eigenvalue weighted by Crippen LogP contribution is -2.38. The van der Waals surface area contributed by atoms with Gasteiger partial charge in [0.1, 0.15) is 0 Å². The first-order valence-corrected chi connectivity index (χ1v) is 13.0. The summed E-state index contributed by atoms with van der Waals surface area (Å²) in [4.78, 5) is 24.8. The predicted molar refractivity (Wildman–Crippen MR) is 119 cm³/mol. The summed E-state index contributed by atoms with van der Waals surface area (Å²) >= 11 is 6.12. The number of piperidine rings is 1. The van der Waals surface area contributed by atoms with Gasteiger partial charge in [-0.25, -0.2) is 13.2 Å². The SMILES string of the molecule is O=C(COC(=O)c1cc(S(=O)(=O)N2CCCCC2)ccc1Cl)NC1CCCCCCC1. The topological polar surface area (TPSA) is 92.8 Å². The van der Waals surface area contributed by atoms with Crippen LogP contribution in [0.1, 0.15) is 74.6 Å². The van der Waals surface area contributed by atoms with Crippen molar-refractivity contribution in [3.63, 3.8) is 0 Å². The summed E-state index contributed by atoms with van der Waals surface area (Å²) in [6.45, 7) is 0.507. The van der Waals surface area contributed by atoms with Gasteiger partial charge < -0.3 is 10.1 Å². The van der Waals surface area contributed by atoms with E-state index < -0.39 is 22.6 Å². The average Bonchev–Trinajstić information content (AvgIpc) is 2.74. The van der Waals surface area contributed by atoms with Crippen molar-refractivity contribution in [3.8, 4) is 0 Å². The summed E-state index contributed by atoms with van der Waals surface area (Å²) in [6.07, 6.45) is 10.3. The van der Waals surface area contributed by atoms with Gasteiger partial charge in [0.15, 0.2) is 6.61 Å². The van der Waals surface area contributed by atoms with Crippen LogP contribution in [0.2, 0.25) is 5.02 Å². The van der Waals surface area contributed by atoms with Gasteiger partial charge in [0.2, 0.25) is 10.0 Å².